The van der Waals surface area contributed by atoms with Crippen LogP contribution in [0.3, 0.4) is 0 Å². The standard InChI is InChI=1S/C2H7B2NO/c1-2-5-3-6-4-5/h3-4H,2H2,1H3. The second-order valence-electron chi connectivity index (χ2n) is 1.45. The summed E-state index contributed by atoms with van der Waals surface area (Å²) in [5.74, 6) is 0. The van der Waals surface area contributed by atoms with Gasteiger partial charge < -0.3 is 9.29 Å². The molecule has 1 heterocycles. The van der Waals surface area contributed by atoms with Crippen molar-refractivity contribution in [3.05, 3.63) is 0 Å². The molecule has 1 aliphatic rings. The summed E-state index contributed by atoms with van der Waals surface area (Å²) >= 11 is 0. The third-order valence-corrected chi connectivity index (χ3v) is 0.995. The van der Waals surface area contributed by atoms with Crippen LogP contribution in [0.5, 0.6) is 0 Å². The molecule has 0 aromatic carbocycles. The molecule has 0 aliphatic carbocycles. The predicted octanol–water partition coefficient (Wildman–Crippen LogP) is -1.13. The Morgan fingerprint density at radius 1 is 1.67 bits per heavy atom. The van der Waals surface area contributed by atoms with E-state index in [2.05, 4.69) is 11.6 Å². The molecule has 0 spiro atoms. The van der Waals surface area contributed by atoms with Crippen molar-refractivity contribution in [1.29, 1.82) is 0 Å². The van der Waals surface area contributed by atoms with Gasteiger partial charge in [-0.05, 0) is 6.54 Å². The first-order chi connectivity index (χ1) is 2.93. The van der Waals surface area contributed by atoms with Gasteiger partial charge in [-0.2, -0.15) is 0 Å². The Kier molecular flexibility index (Phi) is 1.17. The van der Waals surface area contributed by atoms with E-state index in [4.69, 9.17) is 4.57 Å². The summed E-state index contributed by atoms with van der Waals surface area (Å²) in [6.45, 7) is 3.25. The third kappa shape index (κ3) is 0.581. The smallest absolute Gasteiger partial charge is 0.339 e. The van der Waals surface area contributed by atoms with Gasteiger partial charge in [0, 0.05) is 0 Å². The van der Waals surface area contributed by atoms with E-state index in [9.17, 15) is 0 Å². The minimum absolute atomic E-state index is 0.844. The molecule has 4 heteroatoms. The van der Waals surface area contributed by atoms with E-state index < -0.39 is 0 Å². The largest absolute Gasteiger partial charge is 0.479 e. The van der Waals surface area contributed by atoms with Crippen LogP contribution in [0.15, 0.2) is 0 Å². The van der Waals surface area contributed by atoms with Gasteiger partial charge in [0.05, 0.1) is 0 Å². The van der Waals surface area contributed by atoms with Crippen molar-refractivity contribution in [3.8, 4) is 0 Å². The molecular weight excluding hydrogens is 75.7 g/mol. The predicted molar refractivity (Wildman–Crippen MR) is 27.8 cm³/mol. The molecule has 1 rings (SSSR count). The molecule has 0 radical (unpaired) electrons. The lowest BCUT2D eigenvalue weighted by atomic mass is 9.91. The van der Waals surface area contributed by atoms with E-state index in [0.29, 0.717) is 0 Å². The second-order valence-corrected chi connectivity index (χ2v) is 1.45. The molecule has 1 aliphatic heterocycles. The minimum atomic E-state index is 0.844. The molecule has 6 heavy (non-hydrogen) atoms. The fraction of sp³-hybridized carbons (Fsp3) is 1.00. The first-order valence-electron chi connectivity index (χ1n) is 2.23. The molecule has 0 saturated carbocycles. The van der Waals surface area contributed by atoms with Crippen LogP contribution in [0.1, 0.15) is 6.92 Å². The van der Waals surface area contributed by atoms with Crippen LogP contribution in [0, 0.1) is 0 Å². The topological polar surface area (TPSA) is 12.5 Å². The van der Waals surface area contributed by atoms with Gasteiger partial charge in [0.25, 0.3) is 0 Å². The molecule has 1 saturated heterocycles. The summed E-state index contributed by atoms with van der Waals surface area (Å²) in [6.07, 6.45) is 0. The van der Waals surface area contributed by atoms with Gasteiger partial charge in [0.15, 0.2) is 0 Å². The van der Waals surface area contributed by atoms with Crippen molar-refractivity contribution in [2.75, 3.05) is 6.54 Å². The quantitative estimate of drug-likeness (QED) is 0.372. The lowest BCUT2D eigenvalue weighted by molar-refractivity contribution is 0.427. The summed E-state index contributed by atoms with van der Waals surface area (Å²) in [6, 6.07) is 0. The molecule has 0 N–H and O–H groups in total. The van der Waals surface area contributed by atoms with Crippen LogP contribution in [0.25, 0.3) is 0 Å². The monoisotopic (exact) mass is 83.1 g/mol. The normalized spacial score (nSPS) is 20.8. The second kappa shape index (κ2) is 1.67. The summed E-state index contributed by atoms with van der Waals surface area (Å²) in [7, 11) is 1.69. The van der Waals surface area contributed by atoms with Gasteiger partial charge >= 0.3 is 15.2 Å². The van der Waals surface area contributed by atoms with Crippen molar-refractivity contribution in [2.45, 2.75) is 6.92 Å². The van der Waals surface area contributed by atoms with Crippen LogP contribution in [-0.2, 0) is 4.57 Å². The van der Waals surface area contributed by atoms with Crippen LogP contribution >= 0.6 is 0 Å². The minimum Gasteiger partial charge on any atom is -0.479 e. The zero-order valence-electron chi connectivity index (χ0n) is 3.98. The van der Waals surface area contributed by atoms with E-state index in [0.717, 1.165) is 21.8 Å². The maximum Gasteiger partial charge on any atom is 0.339 e. The number of hydrogen-bond acceptors (Lipinski definition) is 2. The Bertz CT molecular complexity index is 44.1. The molecular formula is C2H7B2NO. The SMILES string of the molecule is CCN1BOB1. The van der Waals surface area contributed by atoms with Crippen LogP contribution in [-0.4, -0.2) is 26.5 Å². The third-order valence-electron chi connectivity index (χ3n) is 0.995. The van der Waals surface area contributed by atoms with Gasteiger partial charge in [0.2, 0.25) is 0 Å². The Balaban J connectivity index is 2.01. The Labute approximate surface area is 39.1 Å². The number of nitrogens with zero attached hydrogens (tertiary/aromatic N) is 1. The number of hydrogen-bond donors (Lipinski definition) is 0. The average molecular weight is 82.7 g/mol. The molecule has 1 fully saturated rings. The summed E-state index contributed by atoms with van der Waals surface area (Å²) in [5, 5.41) is 0. The van der Waals surface area contributed by atoms with E-state index in [1.165, 1.54) is 0 Å². The van der Waals surface area contributed by atoms with Gasteiger partial charge in [-0.1, -0.05) is 6.92 Å². The highest BCUT2D eigenvalue weighted by Gasteiger charge is 2.15. The Morgan fingerprint density at radius 3 is 2.33 bits per heavy atom. The van der Waals surface area contributed by atoms with E-state index in [1.54, 1.807) is 0 Å². The van der Waals surface area contributed by atoms with Crippen LogP contribution in [0.2, 0.25) is 0 Å². The van der Waals surface area contributed by atoms with Gasteiger partial charge in [-0.15, -0.1) is 0 Å². The average Bonchev–Trinajstić information content (AvgIpc) is 1.31. The van der Waals surface area contributed by atoms with Crippen LogP contribution in [0.4, 0.5) is 0 Å². The highest BCUT2D eigenvalue weighted by Crippen LogP contribution is 1.91. The van der Waals surface area contributed by atoms with Gasteiger partial charge in [-0.25, -0.2) is 0 Å². The Hall–Kier alpha value is 0.0499. The number of rotatable bonds is 1. The molecule has 0 bridgehead atoms. The fourth-order valence-electron chi connectivity index (χ4n) is 0.403. The summed E-state index contributed by atoms with van der Waals surface area (Å²) in [5.41, 5.74) is 0. The fourth-order valence-corrected chi connectivity index (χ4v) is 0.403. The zero-order valence-corrected chi connectivity index (χ0v) is 3.98. The molecule has 0 aromatic heterocycles. The van der Waals surface area contributed by atoms with E-state index >= 15 is 0 Å². The van der Waals surface area contributed by atoms with Crippen molar-refractivity contribution < 1.29 is 4.57 Å². The highest BCUT2D eigenvalue weighted by atomic mass is 16.4. The maximum atomic E-state index is 4.85. The van der Waals surface area contributed by atoms with E-state index in [-0.39, 0.29) is 0 Å². The molecule has 0 unspecified atom stereocenters. The zero-order chi connectivity index (χ0) is 4.41. The maximum absolute atomic E-state index is 4.85. The molecule has 2 nitrogen and oxygen atoms in total. The van der Waals surface area contributed by atoms with Crippen molar-refractivity contribution >= 4 is 15.2 Å². The summed E-state index contributed by atoms with van der Waals surface area (Å²) < 4.78 is 7.06. The molecule has 0 amide bonds. The van der Waals surface area contributed by atoms with Gasteiger partial charge in [0.1, 0.15) is 0 Å². The molecule has 0 aromatic rings. The highest BCUT2D eigenvalue weighted by molar-refractivity contribution is 6.57. The van der Waals surface area contributed by atoms with Crippen molar-refractivity contribution in [1.82, 2.24) is 4.72 Å². The lowest BCUT2D eigenvalue weighted by Crippen LogP contribution is -2.46. The molecule has 0 atom stereocenters. The lowest BCUT2D eigenvalue weighted by Gasteiger charge is -2.26. The molecule has 32 valence electrons. The van der Waals surface area contributed by atoms with Gasteiger partial charge in [-0.3, -0.25) is 0 Å². The van der Waals surface area contributed by atoms with Crippen LogP contribution < -0.4 is 0 Å². The van der Waals surface area contributed by atoms with Crippen molar-refractivity contribution in [3.63, 3.8) is 0 Å². The first-order valence-corrected chi connectivity index (χ1v) is 2.23. The van der Waals surface area contributed by atoms with Crippen molar-refractivity contribution in [2.24, 2.45) is 0 Å². The summed E-state index contributed by atoms with van der Waals surface area (Å²) in [4.78, 5) is 0. The first kappa shape index (κ1) is 4.22. The van der Waals surface area contributed by atoms with E-state index in [1.807, 2.05) is 0 Å². The Morgan fingerprint density at radius 2 is 2.33 bits per heavy atom.